The Balaban J connectivity index is 1.23. The van der Waals surface area contributed by atoms with E-state index in [1.165, 1.54) is 112 Å². The number of hydrogen-bond acceptors (Lipinski definition) is 1. The molecule has 0 aromatic heterocycles. The lowest BCUT2D eigenvalue weighted by Gasteiger charge is -2.34. The van der Waals surface area contributed by atoms with Gasteiger partial charge in [0.25, 0.3) is 0 Å². The van der Waals surface area contributed by atoms with Crippen LogP contribution in [-0.2, 0) is 17.3 Å². The molecule has 0 bridgehead atoms. The van der Waals surface area contributed by atoms with Crippen molar-refractivity contribution in [2.45, 2.75) is 72.6 Å². The Labute approximate surface area is 393 Å². The van der Waals surface area contributed by atoms with Crippen LogP contribution in [0.25, 0.3) is 66.8 Å². The molecule has 0 saturated carbocycles. The van der Waals surface area contributed by atoms with Crippen LogP contribution in [0.5, 0.6) is 0 Å². The number of aryl methyl sites for hydroxylation is 2. The van der Waals surface area contributed by atoms with Crippen LogP contribution in [0.1, 0.15) is 74.9 Å². The molecule has 0 saturated heterocycles. The fourth-order valence-electron chi connectivity index (χ4n) is 9.68. The number of hydrogen-bond donors (Lipinski definition) is 0. The van der Waals surface area contributed by atoms with Gasteiger partial charge >= 0.3 is 0 Å². The second kappa shape index (κ2) is 17.0. The summed E-state index contributed by atoms with van der Waals surface area (Å²) in [7, 11) is 0. The fraction of sp³-hybridized carbons (Fsp3) is 0.169. The maximum absolute atomic E-state index is 2.51. The Morgan fingerprint density at radius 1 is 0.303 bits per heavy atom. The predicted octanol–water partition coefficient (Wildman–Crippen LogP) is 18.3. The molecule has 0 aliphatic carbocycles. The maximum atomic E-state index is 2.51. The smallest absolute Gasteiger partial charge is 0.0497 e. The number of anilines is 3. The lowest BCUT2D eigenvalue weighted by Crippen LogP contribution is -2.19. The van der Waals surface area contributed by atoms with Gasteiger partial charge in [0, 0.05) is 23.5 Å². The van der Waals surface area contributed by atoms with E-state index < -0.39 is 0 Å². The second-order valence-corrected chi connectivity index (χ2v) is 20.5. The normalized spacial score (nSPS) is 12.5. The quantitative estimate of drug-likeness (QED) is 0.154. The van der Waals surface area contributed by atoms with E-state index in [2.05, 4.69) is 260 Å². The van der Waals surface area contributed by atoms with Gasteiger partial charge in [0.2, 0.25) is 0 Å². The third kappa shape index (κ3) is 8.67. The standard InChI is InChI=1S/C65H59N/c1-43-19-29-62-57(31-43)40-58-32-44(2)20-30-63(58)66(62)61-41-55(53-35-49(45-15-11-9-12-16-45)33-51(37-53)47-21-25-59(26-22-47)64(3,4)5)39-56(42-61)54-36-50(46-17-13-10-14-18-46)34-52(38-54)48-23-27-60(28-24-48)65(6,7)8/h9-39,41-42H,40H2,1-8H3. The summed E-state index contributed by atoms with van der Waals surface area (Å²) in [6.45, 7) is 18.1. The van der Waals surface area contributed by atoms with Crippen molar-refractivity contribution in [1.29, 1.82) is 0 Å². The molecular weight excluding hydrogens is 795 g/mol. The SMILES string of the molecule is Cc1ccc2c(c1)Cc1cc(C)ccc1N2c1cc(-c2cc(-c3ccccc3)cc(-c3ccc(C(C)(C)C)cc3)c2)cc(-c2cc(-c3ccccc3)cc(-c3ccc(C(C)(C)C)cc3)c2)c1. The first-order chi connectivity index (χ1) is 31.7. The molecule has 324 valence electrons. The first-order valence-corrected chi connectivity index (χ1v) is 23.5. The molecule has 0 fully saturated rings. The number of rotatable bonds is 7. The monoisotopic (exact) mass is 853 g/mol. The zero-order chi connectivity index (χ0) is 45.7. The van der Waals surface area contributed by atoms with Crippen molar-refractivity contribution in [2.24, 2.45) is 0 Å². The van der Waals surface area contributed by atoms with Crippen molar-refractivity contribution < 1.29 is 0 Å². The van der Waals surface area contributed by atoms with Gasteiger partial charge in [0.15, 0.2) is 0 Å². The summed E-state index contributed by atoms with van der Waals surface area (Å²) in [5, 5.41) is 0. The van der Waals surface area contributed by atoms with Crippen LogP contribution in [0, 0.1) is 13.8 Å². The summed E-state index contributed by atoms with van der Waals surface area (Å²) >= 11 is 0. The molecule has 10 rings (SSSR count). The zero-order valence-electron chi connectivity index (χ0n) is 39.7. The fourth-order valence-corrected chi connectivity index (χ4v) is 9.68. The molecule has 0 unspecified atom stereocenters. The Hall–Kier alpha value is -7.22. The highest BCUT2D eigenvalue weighted by atomic mass is 15.2. The summed E-state index contributed by atoms with van der Waals surface area (Å²) in [5.41, 5.74) is 26.0. The van der Waals surface area contributed by atoms with E-state index in [1.807, 2.05) is 0 Å². The zero-order valence-corrected chi connectivity index (χ0v) is 39.7. The third-order valence-electron chi connectivity index (χ3n) is 13.4. The van der Waals surface area contributed by atoms with Crippen molar-refractivity contribution in [2.75, 3.05) is 4.90 Å². The maximum Gasteiger partial charge on any atom is 0.0497 e. The van der Waals surface area contributed by atoms with Gasteiger partial charge in [0.05, 0.1) is 0 Å². The summed E-state index contributed by atoms with van der Waals surface area (Å²) in [6, 6.07) is 75.5. The van der Waals surface area contributed by atoms with Gasteiger partial charge in [0.1, 0.15) is 0 Å². The van der Waals surface area contributed by atoms with Crippen LogP contribution in [0.4, 0.5) is 17.1 Å². The van der Waals surface area contributed by atoms with Crippen LogP contribution >= 0.6 is 0 Å². The Kier molecular flexibility index (Phi) is 11.0. The first kappa shape index (κ1) is 42.7. The highest BCUT2D eigenvalue weighted by Crippen LogP contribution is 2.47. The lowest BCUT2D eigenvalue weighted by molar-refractivity contribution is 0.590. The van der Waals surface area contributed by atoms with E-state index in [9.17, 15) is 0 Å². The minimum absolute atomic E-state index is 0.0725. The van der Waals surface area contributed by atoms with Crippen LogP contribution in [0.2, 0.25) is 0 Å². The third-order valence-corrected chi connectivity index (χ3v) is 13.4. The molecule has 1 heterocycles. The van der Waals surface area contributed by atoms with E-state index >= 15 is 0 Å². The van der Waals surface area contributed by atoms with Gasteiger partial charge in [-0.25, -0.2) is 0 Å². The van der Waals surface area contributed by atoms with Gasteiger partial charge in [-0.3, -0.25) is 0 Å². The number of fused-ring (bicyclic) bond motifs is 2. The van der Waals surface area contributed by atoms with Gasteiger partial charge in [-0.05, 0) is 180 Å². The predicted molar refractivity (Wildman–Crippen MR) is 283 cm³/mol. The van der Waals surface area contributed by atoms with E-state index in [4.69, 9.17) is 0 Å². The van der Waals surface area contributed by atoms with Crippen LogP contribution in [0.3, 0.4) is 0 Å². The molecule has 0 N–H and O–H groups in total. The summed E-state index contributed by atoms with van der Waals surface area (Å²) in [4.78, 5) is 2.51. The van der Waals surface area contributed by atoms with Crippen molar-refractivity contribution in [1.82, 2.24) is 0 Å². The average Bonchev–Trinajstić information content (AvgIpc) is 3.33. The van der Waals surface area contributed by atoms with E-state index in [1.54, 1.807) is 0 Å². The molecule has 0 radical (unpaired) electrons. The van der Waals surface area contributed by atoms with Gasteiger partial charge in [-0.15, -0.1) is 0 Å². The number of nitrogens with zero attached hydrogens (tertiary/aromatic N) is 1. The van der Waals surface area contributed by atoms with E-state index in [-0.39, 0.29) is 10.8 Å². The molecule has 9 aromatic carbocycles. The minimum Gasteiger partial charge on any atom is -0.310 e. The summed E-state index contributed by atoms with van der Waals surface area (Å²) in [6.07, 6.45) is 0.907. The Bertz CT molecular complexity index is 3000. The molecule has 0 spiro atoms. The van der Waals surface area contributed by atoms with E-state index in [0.717, 1.165) is 12.1 Å². The molecule has 66 heavy (non-hydrogen) atoms. The average molecular weight is 854 g/mol. The molecular formula is C65H59N. The first-order valence-electron chi connectivity index (χ1n) is 23.5. The molecule has 1 aliphatic rings. The van der Waals surface area contributed by atoms with Gasteiger partial charge < -0.3 is 4.90 Å². The van der Waals surface area contributed by atoms with Crippen molar-refractivity contribution in [3.63, 3.8) is 0 Å². The lowest BCUT2D eigenvalue weighted by atomic mass is 9.85. The van der Waals surface area contributed by atoms with Gasteiger partial charge in [-0.2, -0.15) is 0 Å². The Morgan fingerprint density at radius 3 is 0.939 bits per heavy atom. The van der Waals surface area contributed by atoms with E-state index in [0.29, 0.717) is 0 Å². The molecule has 9 aromatic rings. The van der Waals surface area contributed by atoms with Crippen LogP contribution in [-0.4, -0.2) is 0 Å². The Morgan fingerprint density at radius 2 is 0.606 bits per heavy atom. The highest BCUT2D eigenvalue weighted by molar-refractivity contribution is 5.92. The second-order valence-electron chi connectivity index (χ2n) is 20.5. The molecule has 1 nitrogen and oxygen atoms in total. The van der Waals surface area contributed by atoms with Gasteiger partial charge in [-0.1, -0.05) is 186 Å². The molecule has 0 atom stereocenters. The number of benzene rings is 9. The molecule has 1 aliphatic heterocycles. The molecule has 0 amide bonds. The largest absolute Gasteiger partial charge is 0.310 e. The minimum atomic E-state index is 0.0725. The van der Waals surface area contributed by atoms with Crippen LogP contribution in [0.15, 0.2) is 200 Å². The van der Waals surface area contributed by atoms with Crippen molar-refractivity contribution in [3.8, 4) is 66.8 Å². The van der Waals surface area contributed by atoms with Crippen molar-refractivity contribution in [3.05, 3.63) is 234 Å². The molecule has 1 heteroatoms. The highest BCUT2D eigenvalue weighted by Gasteiger charge is 2.26. The summed E-state index contributed by atoms with van der Waals surface area (Å²) in [5.74, 6) is 0. The van der Waals surface area contributed by atoms with Crippen LogP contribution < -0.4 is 4.90 Å². The van der Waals surface area contributed by atoms with Crippen molar-refractivity contribution >= 4 is 17.1 Å². The summed E-state index contributed by atoms with van der Waals surface area (Å²) < 4.78 is 0. The topological polar surface area (TPSA) is 3.24 Å².